The lowest BCUT2D eigenvalue weighted by molar-refractivity contribution is 0.151. The average Bonchev–Trinajstić information content (AvgIpc) is 2.61. The molecule has 0 saturated carbocycles. The zero-order valence-electron chi connectivity index (χ0n) is 13.2. The number of anilines is 3. The van der Waals surface area contributed by atoms with Gasteiger partial charge >= 0.3 is 0 Å². The number of nitrogens with zero attached hydrogens (tertiary/aromatic N) is 4. The van der Waals surface area contributed by atoms with Gasteiger partial charge in [0.15, 0.2) is 6.19 Å². The van der Waals surface area contributed by atoms with Gasteiger partial charge in [-0.3, -0.25) is 5.32 Å². The Balaban J connectivity index is 2.18. The molecule has 130 valence electrons. The summed E-state index contributed by atoms with van der Waals surface area (Å²) in [6, 6.07) is 6.66. The van der Waals surface area contributed by atoms with Gasteiger partial charge in [0.1, 0.15) is 29.3 Å². The number of nitriles is 2. The van der Waals surface area contributed by atoms with Crippen molar-refractivity contribution in [2.24, 2.45) is 4.99 Å². The normalized spacial score (nSPS) is 15.3. The molecule has 0 fully saturated rings. The van der Waals surface area contributed by atoms with Crippen LogP contribution in [-0.4, -0.2) is 10.9 Å². The first-order chi connectivity index (χ1) is 12.5. The van der Waals surface area contributed by atoms with E-state index >= 15 is 0 Å². The third-order valence-electron chi connectivity index (χ3n) is 3.86. The van der Waals surface area contributed by atoms with Gasteiger partial charge in [0.05, 0.1) is 5.69 Å². The molecular formula is C16H12F2N8. The van der Waals surface area contributed by atoms with E-state index in [4.69, 9.17) is 16.7 Å². The van der Waals surface area contributed by atoms with Crippen molar-refractivity contribution in [2.75, 3.05) is 16.8 Å². The van der Waals surface area contributed by atoms with Crippen molar-refractivity contribution >= 4 is 23.3 Å². The zero-order chi connectivity index (χ0) is 18.8. The maximum absolute atomic E-state index is 12.8. The summed E-state index contributed by atoms with van der Waals surface area (Å²) in [6.45, 7) is 0. The van der Waals surface area contributed by atoms with Gasteiger partial charge in [0, 0.05) is 11.1 Å². The van der Waals surface area contributed by atoms with Gasteiger partial charge in [-0.1, -0.05) is 24.3 Å². The van der Waals surface area contributed by atoms with Gasteiger partial charge < -0.3 is 16.8 Å². The van der Waals surface area contributed by atoms with Gasteiger partial charge in [-0.15, -0.1) is 0 Å². The van der Waals surface area contributed by atoms with Crippen LogP contribution in [0.2, 0.25) is 0 Å². The van der Waals surface area contributed by atoms with Crippen LogP contribution in [0.4, 0.5) is 26.1 Å². The van der Waals surface area contributed by atoms with Crippen LogP contribution in [0.5, 0.6) is 0 Å². The number of aliphatic imine (C=N–C) groups is 1. The Morgan fingerprint density at radius 3 is 2.46 bits per heavy atom. The van der Waals surface area contributed by atoms with Gasteiger partial charge in [0.2, 0.25) is 5.96 Å². The van der Waals surface area contributed by atoms with Crippen molar-refractivity contribution in [1.82, 2.24) is 10.3 Å². The highest BCUT2D eigenvalue weighted by Gasteiger charge is 2.29. The van der Waals surface area contributed by atoms with E-state index in [9.17, 15) is 14.0 Å². The summed E-state index contributed by atoms with van der Waals surface area (Å²) in [6.07, 6.45) is -0.866. The number of halogens is 2. The quantitative estimate of drug-likeness (QED) is 0.476. The van der Waals surface area contributed by atoms with Gasteiger partial charge in [0.25, 0.3) is 6.43 Å². The van der Waals surface area contributed by atoms with E-state index in [1.54, 1.807) is 6.19 Å². The Kier molecular flexibility index (Phi) is 4.25. The topological polar surface area (TPSA) is 149 Å². The van der Waals surface area contributed by atoms with Crippen LogP contribution in [0.1, 0.15) is 34.7 Å². The number of pyridine rings is 1. The Morgan fingerprint density at radius 1 is 1.19 bits per heavy atom. The number of hydrogen-bond donors (Lipinski definition) is 4. The second-order valence-corrected chi connectivity index (χ2v) is 5.37. The number of hydrogen-bond acceptors (Lipinski definition) is 8. The first kappa shape index (κ1) is 16.9. The molecule has 1 atom stereocenters. The summed E-state index contributed by atoms with van der Waals surface area (Å²) in [5.41, 5.74) is 12.7. The molecule has 1 aliphatic rings. The fraction of sp³-hybridized carbons (Fsp3) is 0.125. The van der Waals surface area contributed by atoms with Gasteiger partial charge in [-0.2, -0.15) is 10.5 Å². The van der Waals surface area contributed by atoms with Crippen molar-refractivity contribution in [3.8, 4) is 12.3 Å². The molecule has 0 aliphatic carbocycles. The summed E-state index contributed by atoms with van der Waals surface area (Å²) in [5.74, 6) is 0.259. The highest BCUT2D eigenvalue weighted by Crippen LogP contribution is 2.40. The number of nitrogen functional groups attached to an aromatic ring is 2. The lowest BCUT2D eigenvalue weighted by Gasteiger charge is -2.26. The van der Waals surface area contributed by atoms with Gasteiger partial charge in [-0.05, 0) is 5.56 Å². The average molecular weight is 354 g/mol. The first-order valence-corrected chi connectivity index (χ1v) is 7.33. The van der Waals surface area contributed by atoms with Crippen LogP contribution in [0, 0.1) is 22.8 Å². The van der Waals surface area contributed by atoms with E-state index in [1.165, 1.54) is 24.3 Å². The molecular weight excluding hydrogens is 342 g/mol. The van der Waals surface area contributed by atoms with Crippen molar-refractivity contribution in [3.05, 3.63) is 46.5 Å². The Morgan fingerprint density at radius 2 is 1.88 bits per heavy atom. The lowest BCUT2D eigenvalue weighted by Crippen LogP contribution is -2.32. The number of rotatable bonds is 2. The smallest absolute Gasteiger partial charge is 0.263 e. The molecule has 3 rings (SSSR count). The highest BCUT2D eigenvalue weighted by atomic mass is 19.3. The standard InChI is InChI=1S/C16H12F2N8/c17-13(18)8-3-1-7(2-4-8)12-10-11(21)9(5-19)14(22)25-15(10)26-16(24-12)23-6-20/h1-4,12-13H,(H6,21,22,23,24,25,26). The predicted octanol–water partition coefficient (Wildman–Crippen LogP) is 2.00. The van der Waals surface area contributed by atoms with E-state index < -0.39 is 12.5 Å². The summed E-state index contributed by atoms with van der Waals surface area (Å²) in [4.78, 5) is 8.45. The number of guanidine groups is 1. The maximum atomic E-state index is 12.8. The second-order valence-electron chi connectivity index (χ2n) is 5.37. The summed E-state index contributed by atoms with van der Waals surface area (Å²) >= 11 is 0. The van der Waals surface area contributed by atoms with Crippen molar-refractivity contribution in [2.45, 2.75) is 12.5 Å². The molecule has 0 saturated heterocycles. The largest absolute Gasteiger partial charge is 0.397 e. The molecule has 2 aromatic rings. The maximum Gasteiger partial charge on any atom is 0.263 e. The minimum Gasteiger partial charge on any atom is -0.397 e. The number of aromatic nitrogens is 1. The molecule has 8 nitrogen and oxygen atoms in total. The van der Waals surface area contributed by atoms with E-state index in [-0.39, 0.29) is 34.4 Å². The van der Waals surface area contributed by atoms with Crippen LogP contribution in [0.25, 0.3) is 0 Å². The van der Waals surface area contributed by atoms with Crippen LogP contribution < -0.4 is 22.1 Å². The molecule has 1 unspecified atom stereocenters. The van der Waals surface area contributed by atoms with E-state index in [2.05, 4.69) is 20.6 Å². The number of nitrogens with one attached hydrogen (secondary N) is 2. The first-order valence-electron chi connectivity index (χ1n) is 7.33. The fourth-order valence-electron chi connectivity index (χ4n) is 2.65. The predicted molar refractivity (Wildman–Crippen MR) is 90.8 cm³/mol. The fourth-order valence-corrected chi connectivity index (χ4v) is 2.65. The van der Waals surface area contributed by atoms with Crippen LogP contribution >= 0.6 is 0 Å². The molecule has 26 heavy (non-hydrogen) atoms. The van der Waals surface area contributed by atoms with Crippen molar-refractivity contribution in [1.29, 1.82) is 10.5 Å². The Bertz CT molecular complexity index is 970. The van der Waals surface area contributed by atoms with Crippen LogP contribution in [0.3, 0.4) is 0 Å². The molecule has 0 radical (unpaired) electrons. The summed E-state index contributed by atoms with van der Waals surface area (Å²) < 4.78 is 25.6. The SMILES string of the molecule is N#CNC1=NC(c2ccc(C(F)F)cc2)c2c(nc(N)c(C#N)c2N)N1. The number of nitrogens with two attached hydrogens (primary N) is 2. The molecule has 0 bridgehead atoms. The van der Waals surface area contributed by atoms with Crippen molar-refractivity contribution in [3.63, 3.8) is 0 Å². The molecule has 2 heterocycles. The minimum absolute atomic E-state index is 0.00615. The van der Waals surface area contributed by atoms with E-state index in [0.717, 1.165) is 0 Å². The lowest BCUT2D eigenvalue weighted by atomic mass is 9.94. The van der Waals surface area contributed by atoms with Crippen molar-refractivity contribution < 1.29 is 8.78 Å². The monoisotopic (exact) mass is 354 g/mol. The third-order valence-corrected chi connectivity index (χ3v) is 3.86. The Labute approximate surface area is 146 Å². The number of fused-ring (bicyclic) bond motifs is 1. The highest BCUT2D eigenvalue weighted by molar-refractivity contribution is 5.98. The minimum atomic E-state index is -2.60. The Hall–Kier alpha value is -3.92. The molecule has 1 aliphatic heterocycles. The molecule has 6 N–H and O–H groups in total. The van der Waals surface area contributed by atoms with Gasteiger partial charge in [-0.25, -0.2) is 18.8 Å². The van der Waals surface area contributed by atoms with E-state index in [0.29, 0.717) is 11.1 Å². The molecule has 0 amide bonds. The molecule has 10 heteroatoms. The van der Waals surface area contributed by atoms with Crippen LogP contribution in [-0.2, 0) is 0 Å². The number of benzene rings is 1. The molecule has 1 aromatic carbocycles. The van der Waals surface area contributed by atoms with Crippen LogP contribution in [0.15, 0.2) is 29.3 Å². The second kappa shape index (κ2) is 6.53. The summed E-state index contributed by atoms with van der Waals surface area (Å²) in [7, 11) is 0. The third kappa shape index (κ3) is 2.80. The zero-order valence-corrected chi connectivity index (χ0v) is 13.2. The molecule has 1 aromatic heterocycles. The molecule has 0 spiro atoms. The van der Waals surface area contributed by atoms with E-state index in [1.807, 2.05) is 6.07 Å². The number of alkyl halides is 2. The summed E-state index contributed by atoms with van der Waals surface area (Å²) in [5, 5.41) is 23.2.